The van der Waals surface area contributed by atoms with Crippen molar-refractivity contribution in [2.24, 2.45) is 0 Å². The van der Waals surface area contributed by atoms with Crippen molar-refractivity contribution >= 4 is 22.7 Å². The average Bonchev–Trinajstić information content (AvgIpc) is 2.77. The molecule has 3 N–H and O–H groups in total. The lowest BCUT2D eigenvalue weighted by atomic mass is 10.1. The summed E-state index contributed by atoms with van der Waals surface area (Å²) in [5, 5.41) is 13.9. The Balaban J connectivity index is 2.34. The van der Waals surface area contributed by atoms with E-state index in [1.807, 2.05) is 6.92 Å². The van der Waals surface area contributed by atoms with Crippen LogP contribution in [0, 0.1) is 6.92 Å². The number of hydrogen-bond donors (Lipinski definition) is 2. The van der Waals surface area contributed by atoms with Crippen LogP contribution >= 0.6 is 0 Å². The van der Waals surface area contributed by atoms with Crippen LogP contribution in [0.4, 0.5) is 5.69 Å². The fourth-order valence-corrected chi connectivity index (χ4v) is 2.13. The number of fused-ring (bicyclic) bond motifs is 1. The first-order valence-corrected chi connectivity index (χ1v) is 6.48. The van der Waals surface area contributed by atoms with Crippen LogP contribution in [-0.2, 0) is 11.3 Å². The number of aryl methyl sites for hydroxylation is 2. The quantitative estimate of drug-likeness (QED) is 0.775. The Labute approximate surface area is 116 Å². The Hall–Kier alpha value is -2.15. The summed E-state index contributed by atoms with van der Waals surface area (Å²) in [7, 11) is 0. The molecular formula is C13H18N4O3. The van der Waals surface area contributed by atoms with Crippen LogP contribution in [-0.4, -0.2) is 39.1 Å². The number of carboxylic acid groups (broad SMARTS) is 1. The highest BCUT2D eigenvalue weighted by atomic mass is 16.5. The highest BCUT2D eigenvalue weighted by Gasteiger charge is 2.18. The number of nitrogen functional groups attached to an aromatic ring is 1. The lowest BCUT2D eigenvalue weighted by molar-refractivity contribution is 0.0697. The van der Waals surface area contributed by atoms with Gasteiger partial charge in [-0.05, 0) is 20.3 Å². The van der Waals surface area contributed by atoms with Gasteiger partial charge in [0.2, 0.25) is 0 Å². The smallest absolute Gasteiger partial charge is 0.339 e. The molecule has 0 unspecified atom stereocenters. The summed E-state index contributed by atoms with van der Waals surface area (Å²) in [6.07, 6.45) is 2.37. The molecular weight excluding hydrogens is 260 g/mol. The molecule has 0 bridgehead atoms. The molecule has 2 heterocycles. The third kappa shape index (κ3) is 2.57. The molecule has 2 aromatic rings. The summed E-state index contributed by atoms with van der Waals surface area (Å²) in [6.45, 7) is 5.58. The fraction of sp³-hybridized carbons (Fsp3) is 0.462. The number of ether oxygens (including phenoxy) is 1. The number of carboxylic acids is 1. The number of nitrogens with two attached hydrogens (primary N) is 1. The minimum Gasteiger partial charge on any atom is -0.478 e. The third-order valence-electron chi connectivity index (χ3n) is 3.08. The van der Waals surface area contributed by atoms with Crippen molar-refractivity contribution in [1.82, 2.24) is 14.8 Å². The maximum absolute atomic E-state index is 11.2. The summed E-state index contributed by atoms with van der Waals surface area (Å²) < 4.78 is 7.00. The molecule has 7 nitrogen and oxygen atoms in total. The van der Waals surface area contributed by atoms with E-state index in [1.54, 1.807) is 17.8 Å². The van der Waals surface area contributed by atoms with Crippen molar-refractivity contribution < 1.29 is 14.6 Å². The molecule has 0 aliphatic carbocycles. The second kappa shape index (κ2) is 5.87. The minimum atomic E-state index is -1.07. The number of pyridine rings is 1. The van der Waals surface area contributed by atoms with Crippen molar-refractivity contribution in [3.05, 3.63) is 17.5 Å². The van der Waals surface area contributed by atoms with Crippen LogP contribution in [0.25, 0.3) is 11.0 Å². The normalized spacial score (nSPS) is 11.1. The van der Waals surface area contributed by atoms with Gasteiger partial charge in [-0.25, -0.2) is 14.5 Å². The van der Waals surface area contributed by atoms with E-state index in [1.165, 1.54) is 0 Å². The van der Waals surface area contributed by atoms with E-state index in [0.717, 1.165) is 6.42 Å². The number of carbonyl (C=O) groups is 1. The molecule has 0 radical (unpaired) electrons. The van der Waals surface area contributed by atoms with Gasteiger partial charge in [-0.1, -0.05) is 0 Å². The van der Waals surface area contributed by atoms with E-state index < -0.39 is 5.97 Å². The molecule has 0 fully saturated rings. The molecule has 2 aromatic heterocycles. The van der Waals surface area contributed by atoms with Gasteiger partial charge < -0.3 is 15.6 Å². The van der Waals surface area contributed by atoms with Gasteiger partial charge in [-0.2, -0.15) is 5.10 Å². The molecule has 0 atom stereocenters. The Morgan fingerprint density at radius 2 is 2.30 bits per heavy atom. The second-order valence-electron chi connectivity index (χ2n) is 4.45. The predicted molar refractivity (Wildman–Crippen MR) is 74.7 cm³/mol. The van der Waals surface area contributed by atoms with E-state index in [4.69, 9.17) is 15.6 Å². The zero-order valence-electron chi connectivity index (χ0n) is 11.6. The zero-order valence-corrected chi connectivity index (χ0v) is 11.6. The number of anilines is 1. The first kappa shape index (κ1) is 14.3. The van der Waals surface area contributed by atoms with Crippen LogP contribution in [0.5, 0.6) is 0 Å². The zero-order chi connectivity index (χ0) is 14.7. The SMILES string of the molecule is CCOCCCn1ncc2c(N)c(C(=O)O)c(C)nc21. The molecule has 0 amide bonds. The van der Waals surface area contributed by atoms with Crippen molar-refractivity contribution in [1.29, 1.82) is 0 Å². The monoisotopic (exact) mass is 278 g/mol. The first-order chi connectivity index (χ1) is 9.56. The van der Waals surface area contributed by atoms with E-state index in [2.05, 4.69) is 10.1 Å². The maximum Gasteiger partial charge on any atom is 0.339 e. The Kier molecular flexibility index (Phi) is 4.19. The van der Waals surface area contributed by atoms with Gasteiger partial charge >= 0.3 is 5.97 Å². The summed E-state index contributed by atoms with van der Waals surface area (Å²) in [6, 6.07) is 0. The fourth-order valence-electron chi connectivity index (χ4n) is 2.13. The summed E-state index contributed by atoms with van der Waals surface area (Å²) >= 11 is 0. The molecule has 20 heavy (non-hydrogen) atoms. The average molecular weight is 278 g/mol. The maximum atomic E-state index is 11.2. The molecule has 0 aliphatic heterocycles. The van der Waals surface area contributed by atoms with Crippen LogP contribution in [0.15, 0.2) is 6.20 Å². The summed E-state index contributed by atoms with van der Waals surface area (Å²) in [5.41, 5.74) is 7.19. The number of hydrogen-bond acceptors (Lipinski definition) is 5. The van der Waals surface area contributed by atoms with Crippen molar-refractivity contribution in [2.45, 2.75) is 26.8 Å². The van der Waals surface area contributed by atoms with E-state index in [9.17, 15) is 4.79 Å². The molecule has 0 aliphatic rings. The molecule has 0 spiro atoms. The van der Waals surface area contributed by atoms with Gasteiger partial charge in [-0.15, -0.1) is 0 Å². The molecule has 0 saturated carbocycles. The van der Waals surface area contributed by atoms with Crippen molar-refractivity contribution in [3.8, 4) is 0 Å². The predicted octanol–water partition coefficient (Wildman–Crippen LogP) is 1.45. The van der Waals surface area contributed by atoms with Crippen LogP contribution < -0.4 is 5.73 Å². The lowest BCUT2D eigenvalue weighted by Crippen LogP contribution is -2.09. The minimum absolute atomic E-state index is 0.0476. The molecule has 0 aromatic carbocycles. The highest BCUT2D eigenvalue weighted by molar-refractivity contribution is 6.03. The van der Waals surface area contributed by atoms with E-state index in [0.29, 0.717) is 36.5 Å². The number of aromatic nitrogens is 3. The van der Waals surface area contributed by atoms with Gasteiger partial charge in [-0.3, -0.25) is 0 Å². The van der Waals surface area contributed by atoms with Crippen LogP contribution in [0.3, 0.4) is 0 Å². The van der Waals surface area contributed by atoms with Crippen molar-refractivity contribution in [3.63, 3.8) is 0 Å². The number of nitrogens with zero attached hydrogens (tertiary/aromatic N) is 3. The Morgan fingerprint density at radius 3 is 2.95 bits per heavy atom. The topological polar surface area (TPSA) is 103 Å². The van der Waals surface area contributed by atoms with E-state index in [-0.39, 0.29) is 11.3 Å². The van der Waals surface area contributed by atoms with Gasteiger partial charge in [0.1, 0.15) is 5.56 Å². The first-order valence-electron chi connectivity index (χ1n) is 6.48. The molecule has 0 saturated heterocycles. The largest absolute Gasteiger partial charge is 0.478 e. The molecule has 2 rings (SSSR count). The van der Waals surface area contributed by atoms with Gasteiger partial charge in [0.25, 0.3) is 0 Å². The van der Waals surface area contributed by atoms with Crippen LogP contribution in [0.2, 0.25) is 0 Å². The molecule has 108 valence electrons. The van der Waals surface area contributed by atoms with Gasteiger partial charge in [0.05, 0.1) is 23.0 Å². The molecule has 7 heteroatoms. The second-order valence-corrected chi connectivity index (χ2v) is 4.45. The van der Waals surface area contributed by atoms with E-state index >= 15 is 0 Å². The lowest BCUT2D eigenvalue weighted by Gasteiger charge is -2.07. The number of aromatic carboxylic acids is 1. The standard InChI is InChI=1S/C13H18N4O3/c1-3-20-6-4-5-17-12-9(7-15-17)11(14)10(13(18)19)8(2)16-12/h7H,3-6H2,1-2H3,(H2,14,16)(H,18,19). The van der Waals surface area contributed by atoms with Crippen LogP contribution in [0.1, 0.15) is 29.4 Å². The van der Waals surface area contributed by atoms with Crippen molar-refractivity contribution in [2.75, 3.05) is 18.9 Å². The highest BCUT2D eigenvalue weighted by Crippen LogP contribution is 2.25. The van der Waals surface area contributed by atoms with Gasteiger partial charge in [0.15, 0.2) is 5.65 Å². The van der Waals surface area contributed by atoms with Gasteiger partial charge in [0, 0.05) is 19.8 Å². The summed E-state index contributed by atoms with van der Waals surface area (Å²) in [5.74, 6) is -1.07. The number of rotatable bonds is 6. The summed E-state index contributed by atoms with van der Waals surface area (Å²) in [4.78, 5) is 15.5. The Bertz CT molecular complexity index is 636. The third-order valence-corrected chi connectivity index (χ3v) is 3.08. The Morgan fingerprint density at radius 1 is 1.55 bits per heavy atom.